The van der Waals surface area contributed by atoms with Gasteiger partial charge in [0.05, 0.1) is 24.2 Å². The first-order valence-corrected chi connectivity index (χ1v) is 5.31. The number of rotatable bonds is 2. The number of carboxylic acid groups (broad SMARTS) is 1. The molecule has 1 aliphatic heterocycles. The lowest BCUT2D eigenvalue weighted by atomic mass is 10.2. The largest absolute Gasteiger partial charge is 0.480 e. The zero-order valence-corrected chi connectivity index (χ0v) is 9.35. The van der Waals surface area contributed by atoms with E-state index in [0.717, 1.165) is 4.90 Å². The van der Waals surface area contributed by atoms with E-state index in [2.05, 4.69) is 15.3 Å². The fraction of sp³-hybridized carbons (Fsp3) is 0.400. The number of hydrogen-bond donors (Lipinski definition) is 3. The number of urea groups is 1. The fourth-order valence-electron chi connectivity index (χ4n) is 1.83. The van der Waals surface area contributed by atoms with Gasteiger partial charge >= 0.3 is 12.0 Å². The quantitative estimate of drug-likeness (QED) is 0.655. The van der Waals surface area contributed by atoms with Crippen molar-refractivity contribution in [3.8, 4) is 0 Å². The van der Waals surface area contributed by atoms with E-state index in [1.807, 2.05) is 0 Å². The van der Waals surface area contributed by atoms with Crippen molar-refractivity contribution >= 4 is 17.7 Å². The van der Waals surface area contributed by atoms with Gasteiger partial charge in [0.2, 0.25) is 0 Å². The molecule has 1 aromatic heterocycles. The maximum atomic E-state index is 11.9. The van der Waals surface area contributed by atoms with E-state index < -0.39 is 24.1 Å². The Bertz CT molecular complexity index is 452. The Hall–Kier alpha value is -2.22. The Morgan fingerprint density at radius 1 is 1.39 bits per heavy atom. The van der Waals surface area contributed by atoms with Crippen molar-refractivity contribution in [3.63, 3.8) is 0 Å². The molecule has 0 aromatic carbocycles. The topological polar surface area (TPSA) is 116 Å². The number of aliphatic hydroxyl groups excluding tert-OH is 1. The highest BCUT2D eigenvalue weighted by Crippen LogP contribution is 2.19. The SMILES string of the molecule is O=C(O)[C@@H]1C[C@@H](O)CN1C(=O)Nc1cncnc1. The molecule has 0 saturated carbocycles. The first-order chi connectivity index (χ1) is 8.58. The zero-order valence-electron chi connectivity index (χ0n) is 9.35. The molecule has 0 bridgehead atoms. The number of anilines is 1. The van der Waals surface area contributed by atoms with Crippen molar-refractivity contribution in [2.45, 2.75) is 18.6 Å². The third-order valence-electron chi connectivity index (χ3n) is 2.64. The van der Waals surface area contributed by atoms with Gasteiger partial charge in [0, 0.05) is 13.0 Å². The number of amides is 2. The average molecular weight is 252 g/mol. The Balaban J connectivity index is 2.06. The van der Waals surface area contributed by atoms with E-state index in [4.69, 9.17) is 5.11 Å². The van der Waals surface area contributed by atoms with Crippen LogP contribution in [0.1, 0.15) is 6.42 Å². The van der Waals surface area contributed by atoms with E-state index in [0.29, 0.717) is 5.69 Å². The Morgan fingerprint density at radius 3 is 2.67 bits per heavy atom. The summed E-state index contributed by atoms with van der Waals surface area (Å²) in [4.78, 5) is 31.3. The van der Waals surface area contributed by atoms with Crippen LogP contribution in [0, 0.1) is 0 Å². The minimum absolute atomic E-state index is 0.00348. The monoisotopic (exact) mass is 252 g/mol. The van der Waals surface area contributed by atoms with E-state index in [-0.39, 0.29) is 13.0 Å². The van der Waals surface area contributed by atoms with Crippen LogP contribution >= 0.6 is 0 Å². The minimum atomic E-state index is -1.13. The molecule has 2 amide bonds. The van der Waals surface area contributed by atoms with Crippen LogP contribution in [0.2, 0.25) is 0 Å². The number of hydrogen-bond acceptors (Lipinski definition) is 5. The lowest BCUT2D eigenvalue weighted by molar-refractivity contribution is -0.141. The maximum Gasteiger partial charge on any atom is 0.326 e. The van der Waals surface area contributed by atoms with Crippen LogP contribution in [-0.2, 0) is 4.79 Å². The van der Waals surface area contributed by atoms with Crippen molar-refractivity contribution in [1.29, 1.82) is 0 Å². The van der Waals surface area contributed by atoms with Gasteiger partial charge in [-0.05, 0) is 0 Å². The van der Waals surface area contributed by atoms with E-state index in [9.17, 15) is 14.7 Å². The molecule has 1 fully saturated rings. The van der Waals surface area contributed by atoms with Crippen LogP contribution in [0.15, 0.2) is 18.7 Å². The second-order valence-corrected chi connectivity index (χ2v) is 3.95. The molecule has 1 aromatic rings. The van der Waals surface area contributed by atoms with Crippen molar-refractivity contribution in [2.75, 3.05) is 11.9 Å². The van der Waals surface area contributed by atoms with Crippen molar-refractivity contribution in [2.24, 2.45) is 0 Å². The molecule has 1 saturated heterocycles. The van der Waals surface area contributed by atoms with Crippen LogP contribution in [-0.4, -0.2) is 55.8 Å². The van der Waals surface area contributed by atoms with Gasteiger partial charge in [-0.25, -0.2) is 19.6 Å². The molecule has 1 aliphatic rings. The Labute approximate surface area is 102 Å². The summed E-state index contributed by atoms with van der Waals surface area (Å²) in [6.45, 7) is -0.00348. The first-order valence-electron chi connectivity index (χ1n) is 5.31. The third kappa shape index (κ3) is 2.54. The lowest BCUT2D eigenvalue weighted by Crippen LogP contribution is -2.43. The summed E-state index contributed by atoms with van der Waals surface area (Å²) in [5.41, 5.74) is 0.369. The number of nitrogens with one attached hydrogen (secondary N) is 1. The molecule has 0 aliphatic carbocycles. The second kappa shape index (κ2) is 4.96. The Kier molecular flexibility index (Phi) is 3.38. The molecular formula is C10H12N4O4. The average Bonchev–Trinajstić information content (AvgIpc) is 2.73. The van der Waals surface area contributed by atoms with Gasteiger partial charge in [-0.2, -0.15) is 0 Å². The summed E-state index contributed by atoms with van der Waals surface area (Å²) < 4.78 is 0. The van der Waals surface area contributed by atoms with Crippen LogP contribution in [0.25, 0.3) is 0 Å². The lowest BCUT2D eigenvalue weighted by Gasteiger charge is -2.21. The zero-order chi connectivity index (χ0) is 13.1. The van der Waals surface area contributed by atoms with Crippen LogP contribution in [0.4, 0.5) is 10.5 Å². The molecule has 3 N–H and O–H groups in total. The van der Waals surface area contributed by atoms with Gasteiger partial charge in [-0.3, -0.25) is 0 Å². The molecule has 0 spiro atoms. The number of aromatic nitrogens is 2. The molecule has 96 valence electrons. The van der Waals surface area contributed by atoms with Crippen LogP contribution in [0.5, 0.6) is 0 Å². The highest BCUT2D eigenvalue weighted by molar-refractivity contribution is 5.92. The van der Waals surface area contributed by atoms with Gasteiger partial charge in [-0.15, -0.1) is 0 Å². The highest BCUT2D eigenvalue weighted by Gasteiger charge is 2.38. The molecule has 0 unspecified atom stereocenters. The van der Waals surface area contributed by atoms with Crippen LogP contribution in [0.3, 0.4) is 0 Å². The van der Waals surface area contributed by atoms with Gasteiger partial charge in [0.15, 0.2) is 0 Å². The molecule has 2 heterocycles. The fourth-order valence-corrected chi connectivity index (χ4v) is 1.83. The maximum absolute atomic E-state index is 11.9. The molecule has 2 atom stereocenters. The predicted molar refractivity (Wildman–Crippen MR) is 59.8 cm³/mol. The summed E-state index contributed by atoms with van der Waals surface area (Å²) in [5, 5.41) is 20.9. The number of nitrogens with zero attached hydrogens (tertiary/aromatic N) is 3. The van der Waals surface area contributed by atoms with E-state index in [1.165, 1.54) is 18.7 Å². The smallest absolute Gasteiger partial charge is 0.326 e. The highest BCUT2D eigenvalue weighted by atomic mass is 16.4. The molecule has 2 rings (SSSR count). The Morgan fingerprint density at radius 2 is 2.06 bits per heavy atom. The van der Waals surface area contributed by atoms with E-state index >= 15 is 0 Å². The van der Waals surface area contributed by atoms with Crippen molar-refractivity contribution < 1.29 is 19.8 Å². The number of aliphatic carboxylic acids is 1. The number of carboxylic acids is 1. The number of aliphatic hydroxyl groups is 1. The third-order valence-corrected chi connectivity index (χ3v) is 2.64. The van der Waals surface area contributed by atoms with E-state index in [1.54, 1.807) is 0 Å². The number of carbonyl (C=O) groups excluding carboxylic acids is 1. The number of likely N-dealkylation sites (tertiary alicyclic amines) is 1. The molecular weight excluding hydrogens is 240 g/mol. The number of carbonyl (C=O) groups is 2. The van der Waals surface area contributed by atoms with Gasteiger partial charge in [0.25, 0.3) is 0 Å². The summed E-state index contributed by atoms with van der Waals surface area (Å²) in [5.74, 6) is -1.13. The van der Waals surface area contributed by atoms with Gasteiger partial charge < -0.3 is 20.4 Å². The normalized spacial score (nSPS) is 22.8. The molecule has 8 nitrogen and oxygen atoms in total. The van der Waals surface area contributed by atoms with Gasteiger partial charge in [0.1, 0.15) is 12.4 Å². The second-order valence-electron chi connectivity index (χ2n) is 3.95. The van der Waals surface area contributed by atoms with Crippen molar-refractivity contribution in [3.05, 3.63) is 18.7 Å². The van der Waals surface area contributed by atoms with Crippen molar-refractivity contribution in [1.82, 2.24) is 14.9 Å². The summed E-state index contributed by atoms with van der Waals surface area (Å²) in [6.07, 6.45) is 3.33. The summed E-state index contributed by atoms with van der Waals surface area (Å²) in [6, 6.07) is -1.60. The molecule has 8 heteroatoms. The number of β-amino-alcohol motifs (C(OH)–C–C–N with tert-alkyl or cyclic N) is 1. The minimum Gasteiger partial charge on any atom is -0.480 e. The molecule has 18 heavy (non-hydrogen) atoms. The summed E-state index contributed by atoms with van der Waals surface area (Å²) in [7, 11) is 0. The standard InChI is InChI=1S/C10H12N4O4/c15-7-1-8(9(16)17)14(4-7)10(18)13-6-2-11-5-12-3-6/h2-3,5,7-8,15H,1,4H2,(H,13,18)(H,16,17)/t7-,8+/m1/s1. The molecule has 0 radical (unpaired) electrons. The van der Waals surface area contributed by atoms with Crippen LogP contribution < -0.4 is 5.32 Å². The first kappa shape index (κ1) is 12.2. The summed E-state index contributed by atoms with van der Waals surface area (Å²) >= 11 is 0. The predicted octanol–water partition coefficient (Wildman–Crippen LogP) is -0.472. The van der Waals surface area contributed by atoms with Gasteiger partial charge in [-0.1, -0.05) is 0 Å².